The van der Waals surface area contributed by atoms with Gasteiger partial charge in [0, 0.05) is 26.1 Å². The number of amides is 2. The highest BCUT2D eigenvalue weighted by Crippen LogP contribution is 2.30. The number of carboxylic acid groups (broad SMARTS) is 1. The smallest absolute Gasteiger partial charge is 0.306 e. The van der Waals surface area contributed by atoms with Crippen molar-refractivity contribution in [1.29, 1.82) is 0 Å². The van der Waals surface area contributed by atoms with Gasteiger partial charge in [-0.25, -0.2) is 0 Å². The number of likely N-dealkylation sites (N-methyl/N-ethyl adjacent to an activating group) is 1. The summed E-state index contributed by atoms with van der Waals surface area (Å²) in [7, 11) is 1.64. The molecule has 1 aliphatic heterocycles. The fourth-order valence-corrected chi connectivity index (χ4v) is 3.30. The van der Waals surface area contributed by atoms with Crippen LogP contribution in [-0.2, 0) is 14.4 Å². The third kappa shape index (κ3) is 3.95. The first-order valence-corrected chi connectivity index (χ1v) is 7.74. The van der Waals surface area contributed by atoms with E-state index in [-0.39, 0.29) is 24.3 Å². The summed E-state index contributed by atoms with van der Waals surface area (Å²) >= 11 is 0. The van der Waals surface area contributed by atoms with Crippen LogP contribution in [0, 0.1) is 11.8 Å². The number of aliphatic carboxylic acids is 1. The van der Waals surface area contributed by atoms with Crippen LogP contribution in [0.1, 0.15) is 38.5 Å². The summed E-state index contributed by atoms with van der Waals surface area (Å²) < 4.78 is 0. The zero-order valence-electron chi connectivity index (χ0n) is 12.6. The highest BCUT2D eigenvalue weighted by atomic mass is 16.4. The molecule has 0 spiro atoms. The number of hydrogen-bond acceptors (Lipinski definition) is 3. The van der Waals surface area contributed by atoms with Crippen molar-refractivity contribution in [2.75, 3.05) is 26.7 Å². The SMILES string of the molecule is CN(CC(=O)N1CCCC1)C(=O)C1CCCC(C(=O)O)C1. The van der Waals surface area contributed by atoms with E-state index in [1.165, 1.54) is 4.90 Å². The Balaban J connectivity index is 1.86. The number of carbonyl (C=O) groups is 3. The Morgan fingerprint density at radius 2 is 1.71 bits per heavy atom. The molecule has 2 fully saturated rings. The van der Waals surface area contributed by atoms with E-state index in [0.29, 0.717) is 12.8 Å². The van der Waals surface area contributed by atoms with Crippen molar-refractivity contribution in [3.05, 3.63) is 0 Å². The molecule has 2 atom stereocenters. The fraction of sp³-hybridized carbons (Fsp3) is 0.800. The number of hydrogen-bond donors (Lipinski definition) is 1. The Labute approximate surface area is 125 Å². The molecule has 0 aromatic rings. The minimum absolute atomic E-state index is 0.00561. The number of likely N-dealkylation sites (tertiary alicyclic amines) is 1. The topological polar surface area (TPSA) is 77.9 Å². The molecule has 0 aromatic carbocycles. The molecule has 0 bridgehead atoms. The molecule has 6 nitrogen and oxygen atoms in total. The minimum atomic E-state index is -0.816. The van der Waals surface area contributed by atoms with E-state index in [9.17, 15) is 14.4 Å². The lowest BCUT2D eigenvalue weighted by molar-refractivity contribution is -0.147. The first-order valence-electron chi connectivity index (χ1n) is 7.74. The van der Waals surface area contributed by atoms with Crippen LogP contribution in [0.3, 0.4) is 0 Å². The molecule has 1 saturated carbocycles. The van der Waals surface area contributed by atoms with E-state index in [1.54, 1.807) is 11.9 Å². The van der Waals surface area contributed by atoms with E-state index in [1.807, 2.05) is 0 Å². The molecular weight excluding hydrogens is 272 g/mol. The van der Waals surface area contributed by atoms with E-state index >= 15 is 0 Å². The van der Waals surface area contributed by atoms with Crippen LogP contribution < -0.4 is 0 Å². The summed E-state index contributed by atoms with van der Waals surface area (Å²) in [5.74, 6) is -1.59. The number of rotatable bonds is 4. The molecule has 2 unspecified atom stereocenters. The van der Waals surface area contributed by atoms with Gasteiger partial charge in [0.1, 0.15) is 0 Å². The average Bonchev–Trinajstić information content (AvgIpc) is 3.00. The third-order valence-corrected chi connectivity index (χ3v) is 4.58. The van der Waals surface area contributed by atoms with E-state index < -0.39 is 11.9 Å². The standard InChI is InChI=1S/C15H24N2O4/c1-16(10-13(18)17-7-2-3-8-17)14(19)11-5-4-6-12(9-11)15(20)21/h11-12H,2-10H2,1H3,(H,20,21). The van der Waals surface area contributed by atoms with Crippen LogP contribution in [-0.4, -0.2) is 59.4 Å². The van der Waals surface area contributed by atoms with Crippen molar-refractivity contribution in [2.45, 2.75) is 38.5 Å². The van der Waals surface area contributed by atoms with Gasteiger partial charge in [0.05, 0.1) is 12.5 Å². The van der Waals surface area contributed by atoms with Crippen LogP contribution in [0.4, 0.5) is 0 Å². The summed E-state index contributed by atoms with van der Waals surface area (Å²) in [5, 5.41) is 9.08. The largest absolute Gasteiger partial charge is 0.481 e. The molecule has 2 amide bonds. The Kier molecular flexibility index (Phi) is 5.20. The second kappa shape index (κ2) is 6.91. The highest BCUT2D eigenvalue weighted by Gasteiger charge is 2.33. The number of nitrogens with zero attached hydrogens (tertiary/aromatic N) is 2. The van der Waals surface area contributed by atoms with Gasteiger partial charge in [0.2, 0.25) is 11.8 Å². The molecule has 1 aliphatic carbocycles. The predicted octanol–water partition coefficient (Wildman–Crippen LogP) is 0.958. The van der Waals surface area contributed by atoms with Gasteiger partial charge in [-0.3, -0.25) is 14.4 Å². The van der Waals surface area contributed by atoms with Gasteiger partial charge in [-0.05, 0) is 32.1 Å². The van der Waals surface area contributed by atoms with Crippen LogP contribution in [0.2, 0.25) is 0 Å². The van der Waals surface area contributed by atoms with Crippen LogP contribution in [0.15, 0.2) is 0 Å². The summed E-state index contributed by atoms with van der Waals surface area (Å²) in [5.41, 5.74) is 0. The Morgan fingerprint density at radius 3 is 2.33 bits per heavy atom. The molecule has 2 rings (SSSR count). The van der Waals surface area contributed by atoms with Gasteiger partial charge >= 0.3 is 5.97 Å². The normalized spacial score (nSPS) is 25.7. The monoisotopic (exact) mass is 296 g/mol. The lowest BCUT2D eigenvalue weighted by Crippen LogP contribution is -2.43. The van der Waals surface area contributed by atoms with Gasteiger partial charge in [0.15, 0.2) is 0 Å². The zero-order valence-corrected chi connectivity index (χ0v) is 12.6. The third-order valence-electron chi connectivity index (χ3n) is 4.58. The fourth-order valence-electron chi connectivity index (χ4n) is 3.30. The van der Waals surface area contributed by atoms with Crippen LogP contribution in [0.5, 0.6) is 0 Å². The quantitative estimate of drug-likeness (QED) is 0.838. The summed E-state index contributed by atoms with van der Waals surface area (Å²) in [6.07, 6.45) is 4.61. The number of carbonyl (C=O) groups excluding carboxylic acids is 2. The Morgan fingerprint density at radius 1 is 1.10 bits per heavy atom. The van der Waals surface area contributed by atoms with Crippen LogP contribution in [0.25, 0.3) is 0 Å². The summed E-state index contributed by atoms with van der Waals surface area (Å²) in [6, 6.07) is 0. The van der Waals surface area contributed by atoms with Crippen LogP contribution >= 0.6 is 0 Å². The molecule has 0 aromatic heterocycles. The van der Waals surface area contributed by atoms with Gasteiger partial charge in [-0.2, -0.15) is 0 Å². The molecule has 1 saturated heterocycles. The maximum absolute atomic E-state index is 12.4. The van der Waals surface area contributed by atoms with Crippen molar-refractivity contribution in [1.82, 2.24) is 9.80 Å². The molecule has 2 aliphatic rings. The molecule has 1 heterocycles. The second-order valence-corrected chi connectivity index (χ2v) is 6.18. The van der Waals surface area contributed by atoms with Crippen molar-refractivity contribution in [3.8, 4) is 0 Å². The minimum Gasteiger partial charge on any atom is -0.481 e. The molecule has 6 heteroatoms. The zero-order chi connectivity index (χ0) is 15.4. The maximum Gasteiger partial charge on any atom is 0.306 e. The van der Waals surface area contributed by atoms with Gasteiger partial charge < -0.3 is 14.9 Å². The molecule has 0 radical (unpaired) electrons. The maximum atomic E-state index is 12.4. The van der Waals surface area contributed by atoms with Gasteiger partial charge in [0.25, 0.3) is 0 Å². The lowest BCUT2D eigenvalue weighted by Gasteiger charge is -2.29. The first-order chi connectivity index (χ1) is 9.99. The summed E-state index contributed by atoms with van der Waals surface area (Å²) in [6.45, 7) is 1.67. The van der Waals surface area contributed by atoms with E-state index in [2.05, 4.69) is 0 Å². The van der Waals surface area contributed by atoms with Gasteiger partial charge in [-0.15, -0.1) is 0 Å². The average molecular weight is 296 g/mol. The molecule has 21 heavy (non-hydrogen) atoms. The molecular formula is C15H24N2O4. The Bertz CT molecular complexity index is 418. The first kappa shape index (κ1) is 15.8. The van der Waals surface area contributed by atoms with Crippen molar-refractivity contribution >= 4 is 17.8 Å². The number of carboxylic acids is 1. The second-order valence-electron chi connectivity index (χ2n) is 6.18. The van der Waals surface area contributed by atoms with Crippen molar-refractivity contribution in [2.24, 2.45) is 11.8 Å². The lowest BCUT2D eigenvalue weighted by atomic mass is 9.81. The summed E-state index contributed by atoms with van der Waals surface area (Å²) in [4.78, 5) is 38.8. The van der Waals surface area contributed by atoms with Gasteiger partial charge in [-0.1, -0.05) is 6.42 Å². The van der Waals surface area contributed by atoms with Crippen molar-refractivity contribution in [3.63, 3.8) is 0 Å². The van der Waals surface area contributed by atoms with E-state index in [4.69, 9.17) is 5.11 Å². The van der Waals surface area contributed by atoms with Crippen molar-refractivity contribution < 1.29 is 19.5 Å². The van der Waals surface area contributed by atoms with E-state index in [0.717, 1.165) is 38.8 Å². The molecule has 118 valence electrons. The Hall–Kier alpha value is -1.59. The molecule has 1 N–H and O–H groups in total. The highest BCUT2D eigenvalue weighted by molar-refractivity contribution is 5.86. The predicted molar refractivity (Wildman–Crippen MR) is 76.5 cm³/mol.